The molecular weight excluding hydrogens is 404 g/mol. The number of fused-ring (bicyclic) bond motifs is 1. The molecule has 0 saturated heterocycles. The molecule has 0 radical (unpaired) electrons. The van der Waals surface area contributed by atoms with Crippen LogP contribution in [0.1, 0.15) is 18.2 Å². The highest BCUT2D eigenvalue weighted by Crippen LogP contribution is 2.32. The molecule has 29 heavy (non-hydrogen) atoms. The standard InChI is InChI=1S/C18H20N2O8S/c1-12(13-4-6-15-16(8-13)26-11-25-15)19-27-10-17(21)24-9-14-5-7-18(28-14)29(22,23)20(2)3/h4-8H,9-11H2,1-3H3/b19-12-. The number of carbonyl (C=O) groups is 1. The van der Waals surface area contributed by atoms with Gasteiger partial charge in [-0.3, -0.25) is 0 Å². The van der Waals surface area contributed by atoms with Gasteiger partial charge in [0, 0.05) is 19.7 Å². The van der Waals surface area contributed by atoms with Crippen molar-refractivity contribution in [1.29, 1.82) is 0 Å². The van der Waals surface area contributed by atoms with Gasteiger partial charge in [0.2, 0.25) is 18.5 Å². The molecule has 0 saturated carbocycles. The lowest BCUT2D eigenvalue weighted by Crippen LogP contribution is -2.21. The average molecular weight is 424 g/mol. The Labute approximate surface area is 167 Å². The van der Waals surface area contributed by atoms with Crippen LogP contribution >= 0.6 is 0 Å². The molecule has 1 aromatic carbocycles. The third-order valence-electron chi connectivity index (χ3n) is 3.92. The molecule has 0 amide bonds. The van der Waals surface area contributed by atoms with E-state index in [0.29, 0.717) is 17.2 Å². The van der Waals surface area contributed by atoms with E-state index in [0.717, 1.165) is 9.87 Å². The van der Waals surface area contributed by atoms with Gasteiger partial charge in [0.1, 0.15) is 12.4 Å². The summed E-state index contributed by atoms with van der Waals surface area (Å²) in [5.74, 6) is 0.788. The highest BCUT2D eigenvalue weighted by Gasteiger charge is 2.22. The second kappa shape index (κ2) is 8.53. The van der Waals surface area contributed by atoms with E-state index in [9.17, 15) is 13.2 Å². The lowest BCUT2D eigenvalue weighted by atomic mass is 10.1. The maximum absolute atomic E-state index is 11.9. The fourth-order valence-corrected chi connectivity index (χ4v) is 3.12. The molecule has 1 aromatic heterocycles. The van der Waals surface area contributed by atoms with E-state index in [1.807, 2.05) is 0 Å². The first-order valence-corrected chi connectivity index (χ1v) is 9.95. The molecule has 10 nitrogen and oxygen atoms in total. The fourth-order valence-electron chi connectivity index (χ4n) is 2.30. The Morgan fingerprint density at radius 2 is 1.93 bits per heavy atom. The highest BCUT2D eigenvalue weighted by molar-refractivity contribution is 7.88. The van der Waals surface area contributed by atoms with Crippen LogP contribution in [0.4, 0.5) is 0 Å². The SMILES string of the molecule is C/C(=N/OCC(=O)OCc1ccc(S(=O)(=O)N(C)C)o1)c1ccc2c(c1)OCO2. The first kappa shape index (κ1) is 20.7. The zero-order valence-corrected chi connectivity index (χ0v) is 16.9. The molecule has 2 aromatic rings. The number of benzene rings is 1. The smallest absolute Gasteiger partial charge is 0.347 e. The molecule has 0 atom stereocenters. The Bertz CT molecular complexity index is 1030. The molecular formula is C18H20N2O8S. The number of sulfonamides is 1. The zero-order chi connectivity index (χ0) is 21.0. The first-order chi connectivity index (χ1) is 13.8. The summed E-state index contributed by atoms with van der Waals surface area (Å²) >= 11 is 0. The van der Waals surface area contributed by atoms with E-state index in [1.54, 1.807) is 25.1 Å². The second-order valence-electron chi connectivity index (χ2n) is 6.19. The maximum Gasteiger partial charge on any atom is 0.347 e. The predicted octanol–water partition coefficient (Wildman–Crippen LogP) is 1.74. The van der Waals surface area contributed by atoms with Gasteiger partial charge in [0.25, 0.3) is 10.0 Å². The summed E-state index contributed by atoms with van der Waals surface area (Å²) in [6.07, 6.45) is 0. The number of oxime groups is 1. The van der Waals surface area contributed by atoms with Crippen LogP contribution < -0.4 is 9.47 Å². The molecule has 2 heterocycles. The lowest BCUT2D eigenvalue weighted by molar-refractivity contribution is -0.150. The molecule has 0 unspecified atom stereocenters. The number of hydrogen-bond acceptors (Lipinski definition) is 9. The fraction of sp³-hybridized carbons (Fsp3) is 0.333. The normalized spacial score (nSPS) is 13.6. The minimum Gasteiger partial charge on any atom is -0.455 e. The summed E-state index contributed by atoms with van der Waals surface area (Å²) in [5, 5.41) is 3.65. The van der Waals surface area contributed by atoms with E-state index in [1.165, 1.54) is 26.2 Å². The summed E-state index contributed by atoms with van der Waals surface area (Å²) in [6.45, 7) is 1.26. The summed E-state index contributed by atoms with van der Waals surface area (Å²) in [6, 6.07) is 8.04. The van der Waals surface area contributed by atoms with Gasteiger partial charge in [-0.2, -0.15) is 0 Å². The number of ether oxygens (including phenoxy) is 3. The molecule has 11 heteroatoms. The van der Waals surface area contributed by atoms with Crippen LogP contribution in [0.5, 0.6) is 11.5 Å². The quantitative estimate of drug-likeness (QED) is 0.357. The summed E-state index contributed by atoms with van der Waals surface area (Å²) in [4.78, 5) is 16.8. The van der Waals surface area contributed by atoms with Crippen LogP contribution in [0.3, 0.4) is 0 Å². The van der Waals surface area contributed by atoms with Crippen LogP contribution in [0.25, 0.3) is 0 Å². The van der Waals surface area contributed by atoms with Crippen LogP contribution in [0, 0.1) is 0 Å². The molecule has 3 rings (SSSR count). The van der Waals surface area contributed by atoms with Crippen molar-refractivity contribution >= 4 is 21.7 Å². The van der Waals surface area contributed by atoms with E-state index in [2.05, 4.69) is 5.16 Å². The van der Waals surface area contributed by atoms with Crippen LogP contribution in [0.2, 0.25) is 0 Å². The van der Waals surface area contributed by atoms with E-state index < -0.39 is 22.6 Å². The van der Waals surface area contributed by atoms with Crippen molar-refractivity contribution in [3.63, 3.8) is 0 Å². The van der Waals surface area contributed by atoms with Crippen molar-refractivity contribution < 1.29 is 36.7 Å². The predicted molar refractivity (Wildman–Crippen MR) is 100 cm³/mol. The average Bonchev–Trinajstić information content (AvgIpc) is 3.35. The molecule has 1 aliphatic heterocycles. The lowest BCUT2D eigenvalue weighted by Gasteiger charge is -2.07. The molecule has 0 aliphatic carbocycles. The van der Waals surface area contributed by atoms with Crippen molar-refractivity contribution in [3.8, 4) is 11.5 Å². The minimum atomic E-state index is -3.68. The Morgan fingerprint density at radius 1 is 1.17 bits per heavy atom. The Morgan fingerprint density at radius 3 is 2.69 bits per heavy atom. The Kier molecular flexibility index (Phi) is 6.09. The minimum absolute atomic E-state index is 0.176. The van der Waals surface area contributed by atoms with Crippen molar-refractivity contribution in [3.05, 3.63) is 41.7 Å². The molecule has 0 spiro atoms. The number of carbonyl (C=O) groups excluding carboxylic acids is 1. The maximum atomic E-state index is 11.9. The van der Waals surface area contributed by atoms with Gasteiger partial charge in [-0.05, 0) is 37.3 Å². The van der Waals surface area contributed by atoms with Crippen molar-refractivity contribution in [2.75, 3.05) is 27.5 Å². The molecule has 1 aliphatic rings. The number of esters is 1. The Balaban J connectivity index is 1.48. The second-order valence-corrected chi connectivity index (χ2v) is 8.27. The number of rotatable bonds is 8. The van der Waals surface area contributed by atoms with E-state index in [-0.39, 0.29) is 24.3 Å². The van der Waals surface area contributed by atoms with E-state index in [4.69, 9.17) is 23.5 Å². The monoisotopic (exact) mass is 424 g/mol. The highest BCUT2D eigenvalue weighted by atomic mass is 32.2. The molecule has 0 bridgehead atoms. The summed E-state index contributed by atoms with van der Waals surface area (Å²) in [5.41, 5.74) is 1.30. The number of furan rings is 1. The van der Waals surface area contributed by atoms with Crippen LogP contribution in [0.15, 0.2) is 45.0 Å². The van der Waals surface area contributed by atoms with Gasteiger partial charge in [0.05, 0.1) is 5.71 Å². The molecule has 156 valence electrons. The third-order valence-corrected chi connectivity index (χ3v) is 5.61. The first-order valence-electron chi connectivity index (χ1n) is 8.51. The van der Waals surface area contributed by atoms with Gasteiger partial charge < -0.3 is 23.5 Å². The van der Waals surface area contributed by atoms with Gasteiger partial charge >= 0.3 is 5.97 Å². The van der Waals surface area contributed by atoms with Gasteiger partial charge in [-0.15, -0.1) is 0 Å². The van der Waals surface area contributed by atoms with Crippen LogP contribution in [-0.4, -0.2) is 51.9 Å². The van der Waals surface area contributed by atoms with Gasteiger partial charge in [-0.1, -0.05) is 5.16 Å². The number of nitrogens with zero attached hydrogens (tertiary/aromatic N) is 2. The van der Waals surface area contributed by atoms with Crippen LogP contribution in [-0.2, 0) is 31.0 Å². The number of hydrogen-bond donors (Lipinski definition) is 0. The molecule has 0 fully saturated rings. The molecule has 0 N–H and O–H groups in total. The Hall–Kier alpha value is -3.05. The largest absolute Gasteiger partial charge is 0.455 e. The van der Waals surface area contributed by atoms with Gasteiger partial charge in [-0.25, -0.2) is 17.5 Å². The topological polar surface area (TPSA) is 117 Å². The van der Waals surface area contributed by atoms with E-state index >= 15 is 0 Å². The zero-order valence-electron chi connectivity index (χ0n) is 16.1. The summed E-state index contributed by atoms with van der Waals surface area (Å²) < 4.78 is 45.6. The van der Waals surface area contributed by atoms with Gasteiger partial charge in [0.15, 0.2) is 11.5 Å². The summed E-state index contributed by atoms with van der Waals surface area (Å²) in [7, 11) is -0.902. The van der Waals surface area contributed by atoms with Crippen molar-refractivity contribution in [2.45, 2.75) is 18.6 Å². The van der Waals surface area contributed by atoms with Crippen molar-refractivity contribution in [2.24, 2.45) is 5.16 Å². The van der Waals surface area contributed by atoms with Crippen molar-refractivity contribution in [1.82, 2.24) is 4.31 Å². The third kappa shape index (κ3) is 4.87.